The van der Waals surface area contributed by atoms with Crippen molar-refractivity contribution in [1.82, 2.24) is 20.0 Å². The molecule has 4 rings (SSSR count). The fraction of sp³-hybridized carbons (Fsp3) is 0.0952. The van der Waals surface area contributed by atoms with Crippen LogP contribution in [-0.4, -0.2) is 20.4 Å². The lowest BCUT2D eigenvalue weighted by Gasteiger charge is -2.12. The molecule has 0 spiro atoms. The molecule has 2 heterocycles. The van der Waals surface area contributed by atoms with Crippen LogP contribution in [0.2, 0.25) is 0 Å². The molecule has 0 fully saturated rings. The number of hydrogen-bond donors (Lipinski definition) is 1. The van der Waals surface area contributed by atoms with E-state index < -0.39 is 41.1 Å². The lowest BCUT2D eigenvalue weighted by molar-refractivity contribution is -0.0892. The number of nitrogens with zero attached hydrogens (tertiary/aromatic N) is 3. The van der Waals surface area contributed by atoms with Gasteiger partial charge in [0, 0.05) is 6.54 Å². The number of alkyl halides is 1. The molecular weight excluding hydrogens is 454 g/mol. The molecule has 1 N–H and O–H groups in total. The molecule has 0 bridgehead atoms. The van der Waals surface area contributed by atoms with Gasteiger partial charge in [0.1, 0.15) is 11.5 Å². The van der Waals surface area contributed by atoms with Crippen LogP contribution >= 0.6 is 0 Å². The summed E-state index contributed by atoms with van der Waals surface area (Å²) in [4.78, 5) is 24.6. The van der Waals surface area contributed by atoms with Gasteiger partial charge in [0.15, 0.2) is 23.3 Å². The van der Waals surface area contributed by atoms with Gasteiger partial charge in [-0.15, -0.1) is 0 Å². The third-order valence-corrected chi connectivity index (χ3v) is 4.64. The van der Waals surface area contributed by atoms with E-state index in [1.54, 1.807) is 22.2 Å². The number of imidazole rings is 1. The maximum Gasteiger partial charge on any atom is 0.293 e. The van der Waals surface area contributed by atoms with Gasteiger partial charge >= 0.3 is 0 Å². The van der Waals surface area contributed by atoms with E-state index in [1.165, 1.54) is 30.7 Å². The highest BCUT2D eigenvalue weighted by Gasteiger charge is 2.26. The molecule has 4 aromatic rings. The summed E-state index contributed by atoms with van der Waals surface area (Å²) in [7, 11) is 0. The number of carbonyl (C=O) groups excluding carboxylic acids is 1. The van der Waals surface area contributed by atoms with Crippen molar-refractivity contribution in [3.63, 3.8) is 0 Å². The Bertz CT molecular complexity index is 1340. The predicted octanol–water partition coefficient (Wildman–Crippen LogP) is 4.50. The SMILES string of the molecule is O=C(NOC(F)c1cc(F)c(F)c(F)c1F)c1cc2ncn(Cc3ccc(F)cc3)c2cn1. The number of amides is 1. The fourth-order valence-corrected chi connectivity index (χ4v) is 2.97. The van der Waals surface area contributed by atoms with E-state index in [9.17, 15) is 31.1 Å². The van der Waals surface area contributed by atoms with Gasteiger partial charge in [-0.2, -0.15) is 0 Å². The minimum atomic E-state index is -2.84. The maximum atomic E-state index is 14.1. The normalized spacial score (nSPS) is 12.2. The second-order valence-corrected chi connectivity index (χ2v) is 6.81. The van der Waals surface area contributed by atoms with Crippen molar-refractivity contribution >= 4 is 16.9 Å². The van der Waals surface area contributed by atoms with Crippen molar-refractivity contribution in [2.75, 3.05) is 0 Å². The minimum absolute atomic E-state index is 0.0721. The smallest absolute Gasteiger partial charge is 0.293 e. The zero-order valence-corrected chi connectivity index (χ0v) is 16.3. The molecule has 0 saturated carbocycles. The van der Waals surface area contributed by atoms with Crippen LogP contribution in [-0.2, 0) is 11.4 Å². The Kier molecular flexibility index (Phi) is 6.01. The molecule has 1 unspecified atom stereocenters. The first-order valence-electron chi connectivity index (χ1n) is 9.23. The van der Waals surface area contributed by atoms with Crippen molar-refractivity contribution in [3.8, 4) is 0 Å². The second-order valence-electron chi connectivity index (χ2n) is 6.81. The lowest BCUT2D eigenvalue weighted by atomic mass is 10.2. The summed E-state index contributed by atoms with van der Waals surface area (Å²) in [6.07, 6.45) is -0.0403. The largest absolute Gasteiger partial charge is 0.325 e. The minimum Gasteiger partial charge on any atom is -0.325 e. The first-order valence-corrected chi connectivity index (χ1v) is 9.23. The number of carbonyl (C=O) groups is 1. The Balaban J connectivity index is 1.46. The van der Waals surface area contributed by atoms with Crippen LogP contribution in [0.3, 0.4) is 0 Å². The molecule has 0 aliphatic heterocycles. The second kappa shape index (κ2) is 8.90. The van der Waals surface area contributed by atoms with E-state index in [0.29, 0.717) is 17.6 Å². The first-order chi connectivity index (χ1) is 15.7. The van der Waals surface area contributed by atoms with Crippen LogP contribution in [0.25, 0.3) is 11.0 Å². The summed E-state index contributed by atoms with van der Waals surface area (Å²) in [6.45, 7) is 0.354. The Hall–Kier alpha value is -3.93. The van der Waals surface area contributed by atoms with Crippen molar-refractivity contribution < 1.29 is 36.0 Å². The number of nitrogens with one attached hydrogen (secondary N) is 1. The Morgan fingerprint density at radius 3 is 2.45 bits per heavy atom. The molecule has 0 saturated heterocycles. The first kappa shape index (κ1) is 22.3. The van der Waals surface area contributed by atoms with E-state index in [2.05, 4.69) is 14.8 Å². The quantitative estimate of drug-likeness (QED) is 0.197. The van der Waals surface area contributed by atoms with Gasteiger partial charge in [-0.25, -0.2) is 46.6 Å². The fourth-order valence-electron chi connectivity index (χ4n) is 2.97. The standard InChI is InChI=1S/C21H12F6N4O2/c22-11-3-1-10(2-4-11)8-31-9-29-14-6-15(28-7-16(14)31)21(32)30-33-20(27)12-5-13(23)18(25)19(26)17(12)24/h1-7,9,20H,8H2,(H,30,32). The number of benzene rings is 2. The molecule has 1 amide bonds. The van der Waals surface area contributed by atoms with Crippen LogP contribution in [0.1, 0.15) is 28.0 Å². The van der Waals surface area contributed by atoms with Gasteiger partial charge in [-0.05, 0) is 29.8 Å². The van der Waals surface area contributed by atoms with E-state index in [1.807, 2.05) is 0 Å². The van der Waals surface area contributed by atoms with Crippen molar-refractivity contribution in [2.24, 2.45) is 0 Å². The highest BCUT2D eigenvalue weighted by Crippen LogP contribution is 2.26. The molecule has 2 aromatic carbocycles. The molecular formula is C21H12F6N4O2. The average molecular weight is 466 g/mol. The van der Waals surface area contributed by atoms with Gasteiger partial charge in [0.05, 0.1) is 29.1 Å². The topological polar surface area (TPSA) is 69.0 Å². The van der Waals surface area contributed by atoms with Crippen LogP contribution in [0.4, 0.5) is 26.3 Å². The maximum absolute atomic E-state index is 14.1. The van der Waals surface area contributed by atoms with Crippen molar-refractivity contribution in [2.45, 2.75) is 12.9 Å². The molecule has 6 nitrogen and oxygen atoms in total. The molecule has 12 heteroatoms. The number of fused-ring (bicyclic) bond motifs is 1. The number of rotatable bonds is 6. The Morgan fingerprint density at radius 1 is 1.00 bits per heavy atom. The van der Waals surface area contributed by atoms with Crippen LogP contribution < -0.4 is 5.48 Å². The highest BCUT2D eigenvalue weighted by atomic mass is 19.2. The third kappa shape index (κ3) is 4.51. The predicted molar refractivity (Wildman–Crippen MR) is 102 cm³/mol. The van der Waals surface area contributed by atoms with E-state index >= 15 is 0 Å². The molecule has 1 atom stereocenters. The van der Waals surface area contributed by atoms with Crippen LogP contribution in [0.5, 0.6) is 0 Å². The summed E-state index contributed by atoms with van der Waals surface area (Å²) < 4.78 is 81.9. The monoisotopic (exact) mass is 466 g/mol. The molecule has 33 heavy (non-hydrogen) atoms. The van der Waals surface area contributed by atoms with E-state index in [-0.39, 0.29) is 17.6 Å². The highest BCUT2D eigenvalue weighted by molar-refractivity contribution is 5.94. The Labute approximate surface area is 181 Å². The molecule has 0 radical (unpaired) electrons. The van der Waals surface area contributed by atoms with Crippen LogP contribution in [0, 0.1) is 29.1 Å². The number of aromatic nitrogens is 3. The number of hydrogen-bond acceptors (Lipinski definition) is 4. The molecule has 2 aromatic heterocycles. The summed E-state index contributed by atoms with van der Waals surface area (Å²) in [5, 5.41) is 0. The van der Waals surface area contributed by atoms with E-state index in [0.717, 1.165) is 5.56 Å². The lowest BCUT2D eigenvalue weighted by Crippen LogP contribution is -2.26. The average Bonchev–Trinajstić information content (AvgIpc) is 3.21. The van der Waals surface area contributed by atoms with E-state index in [4.69, 9.17) is 0 Å². The molecule has 0 aliphatic carbocycles. The third-order valence-electron chi connectivity index (χ3n) is 4.64. The van der Waals surface area contributed by atoms with Crippen molar-refractivity contribution in [1.29, 1.82) is 0 Å². The van der Waals surface area contributed by atoms with Gasteiger partial charge in [0.2, 0.25) is 0 Å². The molecule has 0 aliphatic rings. The summed E-state index contributed by atoms with van der Waals surface area (Å²) in [5.41, 5.74) is 1.79. The molecule has 170 valence electrons. The number of pyridine rings is 1. The summed E-state index contributed by atoms with van der Waals surface area (Å²) in [5.74, 6) is -9.58. The number of hydroxylamine groups is 1. The zero-order chi connectivity index (χ0) is 23.7. The Morgan fingerprint density at radius 2 is 1.73 bits per heavy atom. The van der Waals surface area contributed by atoms with Crippen molar-refractivity contribution in [3.05, 3.63) is 94.8 Å². The zero-order valence-electron chi connectivity index (χ0n) is 16.3. The van der Waals surface area contributed by atoms with Gasteiger partial charge < -0.3 is 4.57 Å². The summed E-state index contributed by atoms with van der Waals surface area (Å²) >= 11 is 0. The van der Waals surface area contributed by atoms with Gasteiger partial charge in [0.25, 0.3) is 12.3 Å². The number of halogens is 6. The summed E-state index contributed by atoms with van der Waals surface area (Å²) in [6, 6.07) is 7.16. The van der Waals surface area contributed by atoms with Crippen LogP contribution in [0.15, 0.2) is 48.9 Å². The van der Waals surface area contributed by atoms with Gasteiger partial charge in [-0.1, -0.05) is 12.1 Å². The van der Waals surface area contributed by atoms with Gasteiger partial charge in [-0.3, -0.25) is 4.79 Å².